The van der Waals surface area contributed by atoms with E-state index in [0.29, 0.717) is 20.7 Å². The summed E-state index contributed by atoms with van der Waals surface area (Å²) in [6.45, 7) is 9.74. The number of imidazole rings is 1. The Labute approximate surface area is 184 Å². The number of hydrogen-bond acceptors (Lipinski definition) is 4. The van der Waals surface area contributed by atoms with Crippen LogP contribution in [-0.4, -0.2) is 27.6 Å². The van der Waals surface area contributed by atoms with Crippen molar-refractivity contribution >= 4 is 39.1 Å². The average molecular weight is 480 g/mol. The number of nitrogens with zero attached hydrogens (tertiary/aromatic N) is 2. The SMILES string of the molecule is CCOC(=O)[C@@H](OC(C)(C)C)c1c(C)cn2cc(-c3cccc(Cl)c3)nc2c1Br. The maximum Gasteiger partial charge on any atom is 0.340 e. The van der Waals surface area contributed by atoms with Gasteiger partial charge in [-0.3, -0.25) is 0 Å². The number of aromatic nitrogens is 2. The topological polar surface area (TPSA) is 52.8 Å². The van der Waals surface area contributed by atoms with E-state index in [4.69, 9.17) is 26.1 Å². The van der Waals surface area contributed by atoms with Gasteiger partial charge in [-0.1, -0.05) is 23.7 Å². The van der Waals surface area contributed by atoms with Crippen molar-refractivity contribution in [2.45, 2.75) is 46.3 Å². The molecule has 0 aliphatic heterocycles. The smallest absolute Gasteiger partial charge is 0.340 e. The molecule has 0 bridgehead atoms. The largest absolute Gasteiger partial charge is 0.464 e. The minimum absolute atomic E-state index is 0.282. The number of esters is 1. The normalized spacial score (nSPS) is 12.9. The van der Waals surface area contributed by atoms with E-state index in [1.54, 1.807) is 6.92 Å². The highest BCUT2D eigenvalue weighted by atomic mass is 79.9. The van der Waals surface area contributed by atoms with Crippen LogP contribution in [0.1, 0.15) is 44.9 Å². The molecule has 0 N–H and O–H groups in total. The van der Waals surface area contributed by atoms with Crippen molar-refractivity contribution in [3.63, 3.8) is 0 Å². The van der Waals surface area contributed by atoms with Gasteiger partial charge < -0.3 is 13.9 Å². The Hall–Kier alpha value is -1.89. The van der Waals surface area contributed by atoms with Crippen LogP contribution in [0.25, 0.3) is 16.9 Å². The Morgan fingerprint density at radius 3 is 2.66 bits per heavy atom. The number of fused-ring (bicyclic) bond motifs is 1. The number of aryl methyl sites for hydroxylation is 1. The van der Waals surface area contributed by atoms with Crippen LogP contribution in [0.2, 0.25) is 5.02 Å². The summed E-state index contributed by atoms with van der Waals surface area (Å²) in [5.74, 6) is -0.419. The molecule has 3 rings (SSSR count). The average Bonchev–Trinajstić information content (AvgIpc) is 3.04. The van der Waals surface area contributed by atoms with E-state index in [-0.39, 0.29) is 6.61 Å². The summed E-state index contributed by atoms with van der Waals surface area (Å²) < 4.78 is 14.0. The molecule has 1 atom stereocenters. The zero-order valence-electron chi connectivity index (χ0n) is 17.1. The number of carbonyl (C=O) groups excluding carboxylic acids is 1. The molecule has 0 amide bonds. The summed E-state index contributed by atoms with van der Waals surface area (Å²) in [6.07, 6.45) is 3.02. The van der Waals surface area contributed by atoms with E-state index >= 15 is 0 Å². The molecule has 29 heavy (non-hydrogen) atoms. The van der Waals surface area contributed by atoms with Gasteiger partial charge in [0.1, 0.15) is 0 Å². The zero-order chi connectivity index (χ0) is 21.3. The predicted octanol–water partition coefficient (Wildman–Crippen LogP) is 6.14. The fraction of sp³-hybridized carbons (Fsp3) is 0.364. The standard InChI is InChI=1S/C22H24BrClN2O3/c1-6-28-21(27)19(29-22(3,4)5)17-13(2)11-26-12-16(25-20(26)18(17)23)14-8-7-9-15(24)10-14/h7-12,19H,6H2,1-5H3/t19-/m0/s1. The predicted molar refractivity (Wildman–Crippen MR) is 118 cm³/mol. The summed E-state index contributed by atoms with van der Waals surface area (Å²) >= 11 is 9.79. The van der Waals surface area contributed by atoms with Gasteiger partial charge in [0, 0.05) is 28.5 Å². The summed E-state index contributed by atoms with van der Waals surface area (Å²) in [4.78, 5) is 17.5. The summed E-state index contributed by atoms with van der Waals surface area (Å²) in [5.41, 5.74) is 3.47. The molecule has 0 fully saturated rings. The molecule has 5 nitrogen and oxygen atoms in total. The zero-order valence-corrected chi connectivity index (χ0v) is 19.5. The first-order chi connectivity index (χ1) is 13.6. The number of benzene rings is 1. The van der Waals surface area contributed by atoms with Gasteiger partial charge in [-0.2, -0.15) is 0 Å². The van der Waals surface area contributed by atoms with E-state index in [2.05, 4.69) is 15.9 Å². The lowest BCUT2D eigenvalue weighted by Gasteiger charge is -2.28. The van der Waals surface area contributed by atoms with E-state index in [0.717, 1.165) is 16.8 Å². The number of hydrogen-bond donors (Lipinski definition) is 0. The van der Waals surface area contributed by atoms with Crippen molar-refractivity contribution in [1.82, 2.24) is 9.38 Å². The molecule has 0 spiro atoms. The second-order valence-electron chi connectivity index (χ2n) is 7.77. The minimum Gasteiger partial charge on any atom is -0.464 e. The first-order valence-electron chi connectivity index (χ1n) is 9.39. The van der Waals surface area contributed by atoms with Crippen molar-refractivity contribution < 1.29 is 14.3 Å². The summed E-state index contributed by atoms with van der Waals surface area (Å²) in [7, 11) is 0. The molecule has 3 aromatic rings. The molecule has 154 valence electrons. The van der Waals surface area contributed by atoms with Crippen molar-refractivity contribution in [2.75, 3.05) is 6.61 Å². The van der Waals surface area contributed by atoms with E-state index in [9.17, 15) is 4.79 Å². The Balaban J connectivity index is 2.15. The molecular weight excluding hydrogens is 456 g/mol. The van der Waals surface area contributed by atoms with Gasteiger partial charge in [0.25, 0.3) is 0 Å². The molecule has 0 aliphatic rings. The second kappa shape index (κ2) is 8.46. The van der Waals surface area contributed by atoms with Gasteiger partial charge in [-0.05, 0) is 68.2 Å². The summed E-state index contributed by atoms with van der Waals surface area (Å²) in [5, 5.41) is 0.649. The molecule has 0 aliphatic carbocycles. The lowest BCUT2D eigenvalue weighted by atomic mass is 10.0. The Kier molecular flexibility index (Phi) is 6.36. The third-order valence-corrected chi connectivity index (χ3v) is 5.29. The van der Waals surface area contributed by atoms with Crippen LogP contribution < -0.4 is 0 Å². The first-order valence-corrected chi connectivity index (χ1v) is 10.6. The molecule has 0 radical (unpaired) electrons. The van der Waals surface area contributed by atoms with Crippen LogP contribution in [0.4, 0.5) is 0 Å². The maximum absolute atomic E-state index is 12.7. The fourth-order valence-electron chi connectivity index (χ4n) is 3.13. The maximum atomic E-state index is 12.7. The summed E-state index contributed by atoms with van der Waals surface area (Å²) in [6, 6.07) is 7.54. The van der Waals surface area contributed by atoms with E-state index in [1.165, 1.54) is 0 Å². The van der Waals surface area contributed by atoms with Gasteiger partial charge >= 0.3 is 5.97 Å². The highest BCUT2D eigenvalue weighted by Gasteiger charge is 2.32. The molecule has 0 unspecified atom stereocenters. The number of pyridine rings is 1. The second-order valence-corrected chi connectivity index (χ2v) is 9.00. The van der Waals surface area contributed by atoms with Crippen molar-refractivity contribution in [2.24, 2.45) is 0 Å². The monoisotopic (exact) mass is 478 g/mol. The Morgan fingerprint density at radius 2 is 2.03 bits per heavy atom. The number of rotatable bonds is 5. The Morgan fingerprint density at radius 1 is 1.31 bits per heavy atom. The lowest BCUT2D eigenvalue weighted by molar-refractivity contribution is -0.167. The van der Waals surface area contributed by atoms with Crippen LogP contribution in [0.5, 0.6) is 0 Å². The molecule has 0 saturated heterocycles. The van der Waals surface area contributed by atoms with Crippen molar-refractivity contribution in [3.05, 3.63) is 57.3 Å². The van der Waals surface area contributed by atoms with Gasteiger partial charge in [-0.25, -0.2) is 9.78 Å². The van der Waals surface area contributed by atoms with E-state index < -0.39 is 17.7 Å². The minimum atomic E-state index is -0.861. The fourth-order valence-corrected chi connectivity index (χ4v) is 4.14. The Bertz CT molecular complexity index is 1060. The van der Waals surface area contributed by atoms with Crippen LogP contribution >= 0.6 is 27.5 Å². The third kappa shape index (κ3) is 4.82. The van der Waals surface area contributed by atoms with Crippen molar-refractivity contribution in [1.29, 1.82) is 0 Å². The molecule has 2 aromatic heterocycles. The number of halogens is 2. The molecular formula is C22H24BrClN2O3. The number of ether oxygens (including phenoxy) is 2. The third-order valence-electron chi connectivity index (χ3n) is 4.28. The van der Waals surface area contributed by atoms with Crippen LogP contribution in [0, 0.1) is 6.92 Å². The van der Waals surface area contributed by atoms with Gasteiger partial charge in [0.2, 0.25) is 0 Å². The van der Waals surface area contributed by atoms with Crippen LogP contribution in [-0.2, 0) is 14.3 Å². The number of carbonyl (C=O) groups is 1. The van der Waals surface area contributed by atoms with Crippen LogP contribution in [0.3, 0.4) is 0 Å². The quantitative estimate of drug-likeness (QED) is 0.412. The van der Waals surface area contributed by atoms with Gasteiger partial charge in [0.15, 0.2) is 11.8 Å². The van der Waals surface area contributed by atoms with Gasteiger partial charge in [0.05, 0.1) is 22.4 Å². The molecule has 0 saturated carbocycles. The van der Waals surface area contributed by atoms with Crippen LogP contribution in [0.15, 0.2) is 41.1 Å². The first kappa shape index (κ1) is 21.8. The molecule has 1 aromatic carbocycles. The highest BCUT2D eigenvalue weighted by molar-refractivity contribution is 9.10. The van der Waals surface area contributed by atoms with Crippen molar-refractivity contribution in [3.8, 4) is 11.3 Å². The molecule has 2 heterocycles. The van der Waals surface area contributed by atoms with E-state index in [1.807, 2.05) is 68.8 Å². The highest BCUT2D eigenvalue weighted by Crippen LogP contribution is 2.36. The van der Waals surface area contributed by atoms with Gasteiger partial charge in [-0.15, -0.1) is 0 Å². The molecule has 7 heteroatoms. The lowest BCUT2D eigenvalue weighted by Crippen LogP contribution is -2.29.